The van der Waals surface area contributed by atoms with Gasteiger partial charge in [-0.15, -0.1) is 0 Å². The molecule has 2 N–H and O–H groups in total. The predicted octanol–water partition coefficient (Wildman–Crippen LogP) is 5.59. The van der Waals surface area contributed by atoms with Crippen LogP contribution in [0.3, 0.4) is 0 Å². The van der Waals surface area contributed by atoms with E-state index in [2.05, 4.69) is 33.1 Å². The lowest BCUT2D eigenvalue weighted by Crippen LogP contribution is -2.28. The Morgan fingerprint density at radius 2 is 1.54 bits per heavy atom. The Labute approximate surface area is 204 Å². The van der Waals surface area contributed by atoms with Crippen LogP contribution in [0.5, 0.6) is 0 Å². The third-order valence-corrected chi connectivity index (χ3v) is 6.35. The number of nitrogens with zero attached hydrogens (tertiary/aromatic N) is 1. The molecule has 5 heteroatoms. The summed E-state index contributed by atoms with van der Waals surface area (Å²) in [7, 11) is 0. The van der Waals surface area contributed by atoms with Crippen molar-refractivity contribution in [2.75, 3.05) is 0 Å². The SMILES string of the molecule is Cc1cc(C)c(CNC(=O)c2c(-c3ccccc3)n(Cc3ccccc3)c3ccccc23)c(=O)[nH]1. The number of H-pyrrole nitrogens is 1. The fourth-order valence-corrected chi connectivity index (χ4v) is 4.72. The predicted molar refractivity (Wildman–Crippen MR) is 141 cm³/mol. The first-order valence-electron chi connectivity index (χ1n) is 11.7. The van der Waals surface area contributed by atoms with Gasteiger partial charge in [-0.1, -0.05) is 78.9 Å². The van der Waals surface area contributed by atoms with Gasteiger partial charge < -0.3 is 14.9 Å². The molecule has 0 fully saturated rings. The molecule has 2 aromatic heterocycles. The number of aromatic nitrogens is 2. The van der Waals surface area contributed by atoms with Crippen LogP contribution in [0.25, 0.3) is 22.2 Å². The zero-order valence-electron chi connectivity index (χ0n) is 19.8. The van der Waals surface area contributed by atoms with Gasteiger partial charge in [0.25, 0.3) is 11.5 Å². The molecule has 3 aromatic carbocycles. The third kappa shape index (κ3) is 4.41. The minimum Gasteiger partial charge on any atom is -0.348 e. The van der Waals surface area contributed by atoms with Gasteiger partial charge in [0.05, 0.1) is 11.3 Å². The van der Waals surface area contributed by atoms with Gasteiger partial charge in [-0.05, 0) is 42.7 Å². The highest BCUT2D eigenvalue weighted by molar-refractivity contribution is 6.12. The number of fused-ring (bicyclic) bond motifs is 1. The van der Waals surface area contributed by atoms with Crippen LogP contribution in [0.4, 0.5) is 0 Å². The van der Waals surface area contributed by atoms with Crippen molar-refractivity contribution in [2.24, 2.45) is 0 Å². The molecule has 174 valence electrons. The normalized spacial score (nSPS) is 11.0. The summed E-state index contributed by atoms with van der Waals surface area (Å²) in [4.78, 5) is 29.1. The number of para-hydroxylation sites is 1. The van der Waals surface area contributed by atoms with Crippen molar-refractivity contribution in [2.45, 2.75) is 26.9 Å². The minimum absolute atomic E-state index is 0.159. The Bertz CT molecular complexity index is 1560. The summed E-state index contributed by atoms with van der Waals surface area (Å²) in [5, 5.41) is 3.91. The van der Waals surface area contributed by atoms with Gasteiger partial charge in [0.1, 0.15) is 0 Å². The molecule has 0 atom stereocenters. The molecule has 0 saturated carbocycles. The molecule has 0 bridgehead atoms. The number of pyridine rings is 1. The molecule has 0 aliphatic carbocycles. The lowest BCUT2D eigenvalue weighted by Gasteiger charge is -2.14. The quantitative estimate of drug-likeness (QED) is 0.346. The van der Waals surface area contributed by atoms with Crippen LogP contribution < -0.4 is 10.9 Å². The van der Waals surface area contributed by atoms with E-state index >= 15 is 0 Å². The average Bonchev–Trinajstić information content (AvgIpc) is 3.18. The first-order chi connectivity index (χ1) is 17.0. The van der Waals surface area contributed by atoms with Crippen molar-refractivity contribution in [1.82, 2.24) is 14.9 Å². The minimum atomic E-state index is -0.203. The topological polar surface area (TPSA) is 66.9 Å². The highest BCUT2D eigenvalue weighted by Crippen LogP contribution is 2.34. The summed E-state index contributed by atoms with van der Waals surface area (Å²) in [5.41, 5.74) is 6.65. The van der Waals surface area contributed by atoms with Crippen molar-refractivity contribution >= 4 is 16.8 Å². The lowest BCUT2D eigenvalue weighted by atomic mass is 10.0. The van der Waals surface area contributed by atoms with Crippen LogP contribution in [0.15, 0.2) is 95.8 Å². The maximum absolute atomic E-state index is 13.7. The number of aryl methyl sites for hydroxylation is 2. The smallest absolute Gasteiger partial charge is 0.254 e. The molecule has 0 aliphatic rings. The molecule has 5 aromatic rings. The molecule has 0 unspecified atom stereocenters. The Morgan fingerprint density at radius 3 is 2.26 bits per heavy atom. The van der Waals surface area contributed by atoms with Crippen molar-refractivity contribution in [3.05, 3.63) is 129 Å². The van der Waals surface area contributed by atoms with E-state index in [9.17, 15) is 9.59 Å². The van der Waals surface area contributed by atoms with E-state index in [1.807, 2.05) is 86.6 Å². The fraction of sp³-hybridized carbons (Fsp3) is 0.133. The number of amides is 1. The first-order valence-corrected chi connectivity index (χ1v) is 11.7. The molecular formula is C30H27N3O2. The van der Waals surface area contributed by atoms with E-state index in [0.29, 0.717) is 17.7 Å². The van der Waals surface area contributed by atoms with Gasteiger partial charge in [-0.25, -0.2) is 0 Å². The first kappa shape index (κ1) is 22.4. The summed E-state index contributed by atoms with van der Waals surface area (Å²) in [6.45, 7) is 4.54. The summed E-state index contributed by atoms with van der Waals surface area (Å²) in [6, 6.07) is 30.1. The number of benzene rings is 3. The van der Waals surface area contributed by atoms with Crippen LogP contribution in [0.2, 0.25) is 0 Å². The van der Waals surface area contributed by atoms with Crippen molar-refractivity contribution in [1.29, 1.82) is 0 Å². The zero-order chi connectivity index (χ0) is 24.4. The van der Waals surface area contributed by atoms with Gasteiger partial charge in [0, 0.05) is 35.2 Å². The molecule has 2 heterocycles. The average molecular weight is 462 g/mol. The van der Waals surface area contributed by atoms with E-state index in [-0.39, 0.29) is 18.0 Å². The molecule has 1 amide bonds. The van der Waals surface area contributed by atoms with Crippen LogP contribution in [-0.2, 0) is 13.1 Å². The second kappa shape index (κ2) is 9.47. The molecule has 0 radical (unpaired) electrons. The van der Waals surface area contributed by atoms with E-state index in [4.69, 9.17) is 0 Å². The number of hydrogen-bond donors (Lipinski definition) is 2. The highest BCUT2D eigenvalue weighted by Gasteiger charge is 2.24. The Balaban J connectivity index is 1.63. The second-order valence-electron chi connectivity index (χ2n) is 8.80. The standard InChI is InChI=1S/C30H27N3O2/c1-20-17-21(2)32-29(34)25(20)18-31-30(35)27-24-15-9-10-16-26(24)33(19-22-11-5-3-6-12-22)28(27)23-13-7-4-8-14-23/h3-17H,18-19H2,1-2H3,(H,31,35)(H,32,34). The third-order valence-electron chi connectivity index (χ3n) is 6.35. The van der Waals surface area contributed by atoms with Crippen LogP contribution in [0, 0.1) is 13.8 Å². The van der Waals surface area contributed by atoms with Crippen LogP contribution in [0.1, 0.15) is 32.7 Å². The summed E-state index contributed by atoms with van der Waals surface area (Å²) in [5.74, 6) is -0.203. The maximum atomic E-state index is 13.7. The summed E-state index contributed by atoms with van der Waals surface area (Å²) in [6.07, 6.45) is 0. The van der Waals surface area contributed by atoms with Crippen LogP contribution in [-0.4, -0.2) is 15.5 Å². The number of hydrogen-bond acceptors (Lipinski definition) is 2. The number of nitrogens with one attached hydrogen (secondary N) is 2. The van der Waals surface area contributed by atoms with Gasteiger partial charge in [0.15, 0.2) is 0 Å². The molecule has 0 aliphatic heterocycles. The van der Waals surface area contributed by atoms with Crippen molar-refractivity contribution in [3.63, 3.8) is 0 Å². The highest BCUT2D eigenvalue weighted by atomic mass is 16.2. The molecule has 5 rings (SSSR count). The monoisotopic (exact) mass is 461 g/mol. The lowest BCUT2D eigenvalue weighted by molar-refractivity contribution is 0.0953. The largest absolute Gasteiger partial charge is 0.348 e. The van der Waals surface area contributed by atoms with Crippen molar-refractivity contribution in [3.8, 4) is 11.3 Å². The van der Waals surface area contributed by atoms with E-state index in [1.165, 1.54) is 0 Å². The summed E-state index contributed by atoms with van der Waals surface area (Å²) >= 11 is 0. The number of aromatic amines is 1. The molecular weight excluding hydrogens is 434 g/mol. The Kier molecular flexibility index (Phi) is 6.06. The molecule has 0 spiro atoms. The fourth-order valence-electron chi connectivity index (χ4n) is 4.72. The molecule has 0 saturated heterocycles. The molecule has 35 heavy (non-hydrogen) atoms. The van der Waals surface area contributed by atoms with Gasteiger partial charge in [-0.2, -0.15) is 0 Å². The van der Waals surface area contributed by atoms with Crippen molar-refractivity contribution < 1.29 is 4.79 Å². The maximum Gasteiger partial charge on any atom is 0.254 e. The summed E-state index contributed by atoms with van der Waals surface area (Å²) < 4.78 is 2.21. The number of carbonyl (C=O) groups excluding carboxylic acids is 1. The Morgan fingerprint density at radius 1 is 0.886 bits per heavy atom. The Hall–Kier alpha value is -4.38. The second-order valence-corrected chi connectivity index (χ2v) is 8.80. The van der Waals surface area contributed by atoms with E-state index in [1.54, 1.807) is 0 Å². The van der Waals surface area contributed by atoms with Gasteiger partial charge >= 0.3 is 0 Å². The van der Waals surface area contributed by atoms with E-state index in [0.717, 1.165) is 39.0 Å². The van der Waals surface area contributed by atoms with Gasteiger partial charge in [-0.3, -0.25) is 9.59 Å². The van der Waals surface area contributed by atoms with E-state index < -0.39 is 0 Å². The zero-order valence-corrected chi connectivity index (χ0v) is 19.8. The molecule has 5 nitrogen and oxygen atoms in total. The number of rotatable bonds is 6. The van der Waals surface area contributed by atoms with Crippen LogP contribution >= 0.6 is 0 Å². The van der Waals surface area contributed by atoms with Gasteiger partial charge in [0.2, 0.25) is 0 Å². The number of carbonyl (C=O) groups is 1.